The van der Waals surface area contributed by atoms with Gasteiger partial charge in [-0.25, -0.2) is 4.68 Å². The van der Waals surface area contributed by atoms with E-state index in [-0.39, 0.29) is 6.54 Å². The summed E-state index contributed by atoms with van der Waals surface area (Å²) in [5.41, 5.74) is 1.65. The van der Waals surface area contributed by atoms with Crippen molar-refractivity contribution in [3.8, 4) is 17.2 Å². The van der Waals surface area contributed by atoms with Crippen LogP contribution in [-0.2, 0) is 16.1 Å². The lowest BCUT2D eigenvalue weighted by molar-refractivity contribution is -0.128. The number of aromatic nitrogens is 3. The summed E-state index contributed by atoms with van der Waals surface area (Å²) in [4.78, 5) is 30.0. The van der Waals surface area contributed by atoms with Crippen molar-refractivity contribution < 1.29 is 23.8 Å². The van der Waals surface area contributed by atoms with Gasteiger partial charge >= 0.3 is 0 Å². The molecule has 0 aliphatic rings. The third-order valence-electron chi connectivity index (χ3n) is 6.13. The Morgan fingerprint density at radius 2 is 1.65 bits per heavy atom. The van der Waals surface area contributed by atoms with Crippen LogP contribution in [-0.4, -0.2) is 53.2 Å². The number of methoxy groups -OCH3 is 2. The zero-order valence-corrected chi connectivity index (χ0v) is 23.7. The first-order valence-electron chi connectivity index (χ1n) is 13.0. The zero-order valence-electron chi connectivity index (χ0n) is 23.7. The van der Waals surface area contributed by atoms with Gasteiger partial charge in [0.25, 0.3) is 0 Å². The Morgan fingerprint density at radius 1 is 0.950 bits per heavy atom. The predicted octanol–water partition coefficient (Wildman–Crippen LogP) is 4.54. The summed E-state index contributed by atoms with van der Waals surface area (Å²) in [6.07, 6.45) is 0. The van der Waals surface area contributed by atoms with Crippen molar-refractivity contribution in [2.75, 3.05) is 25.7 Å². The lowest BCUT2D eigenvalue weighted by Crippen LogP contribution is -2.50. The maximum Gasteiger partial charge on any atom is 0.249 e. The smallest absolute Gasteiger partial charge is 0.249 e. The molecule has 0 aliphatic carbocycles. The highest BCUT2D eigenvalue weighted by Gasteiger charge is 2.38. The number of fused-ring (bicyclic) bond motifs is 1. The monoisotopic (exact) mass is 545 g/mol. The first-order chi connectivity index (χ1) is 19.2. The molecule has 1 N–H and O–H groups in total. The van der Waals surface area contributed by atoms with Crippen LogP contribution in [0.4, 0.5) is 5.69 Å². The highest BCUT2D eigenvalue weighted by molar-refractivity contribution is 6.03. The van der Waals surface area contributed by atoms with Gasteiger partial charge in [0.2, 0.25) is 11.8 Å². The second kappa shape index (κ2) is 12.1. The van der Waals surface area contributed by atoms with Gasteiger partial charge in [-0.1, -0.05) is 41.6 Å². The van der Waals surface area contributed by atoms with E-state index in [0.29, 0.717) is 46.1 Å². The quantitative estimate of drug-likeness (QED) is 0.312. The molecule has 0 unspecified atom stereocenters. The summed E-state index contributed by atoms with van der Waals surface area (Å²) >= 11 is 0. The summed E-state index contributed by atoms with van der Waals surface area (Å²) in [5, 5.41) is 11.4. The van der Waals surface area contributed by atoms with Crippen molar-refractivity contribution in [3.63, 3.8) is 0 Å². The normalized spacial score (nSPS) is 12.1. The van der Waals surface area contributed by atoms with E-state index in [2.05, 4.69) is 15.6 Å². The van der Waals surface area contributed by atoms with Gasteiger partial charge in [-0.2, -0.15) is 0 Å². The SMILES string of the molecule is CCOc1ccccc1N(C(=O)Cn1nnc2ccccc21)[C@H](C(=O)NC(C)(C)C)c1cccc(OC)c1OC. The molecule has 10 heteroatoms. The molecular weight excluding hydrogens is 510 g/mol. The van der Waals surface area contributed by atoms with Crippen LogP contribution in [0.3, 0.4) is 0 Å². The summed E-state index contributed by atoms with van der Waals surface area (Å²) in [6, 6.07) is 18.6. The Hall–Kier alpha value is -4.60. The summed E-state index contributed by atoms with van der Waals surface area (Å²) < 4.78 is 18.7. The van der Waals surface area contributed by atoms with Crippen molar-refractivity contribution >= 4 is 28.5 Å². The summed E-state index contributed by atoms with van der Waals surface area (Å²) in [7, 11) is 3.02. The molecule has 40 heavy (non-hydrogen) atoms. The molecule has 3 aromatic carbocycles. The maximum absolute atomic E-state index is 14.4. The number of benzene rings is 3. The number of para-hydroxylation sites is 4. The number of amides is 2. The van der Waals surface area contributed by atoms with Crippen LogP contribution in [0.2, 0.25) is 0 Å². The molecule has 2 amide bonds. The van der Waals surface area contributed by atoms with Crippen molar-refractivity contribution in [1.29, 1.82) is 0 Å². The molecule has 1 aromatic heterocycles. The molecule has 0 radical (unpaired) electrons. The minimum atomic E-state index is -1.15. The average Bonchev–Trinajstić information content (AvgIpc) is 3.33. The van der Waals surface area contributed by atoms with Gasteiger partial charge in [0.05, 0.1) is 32.0 Å². The minimum absolute atomic E-state index is 0.174. The van der Waals surface area contributed by atoms with Crippen LogP contribution in [0.1, 0.15) is 39.3 Å². The van der Waals surface area contributed by atoms with Crippen LogP contribution >= 0.6 is 0 Å². The Balaban J connectivity index is 1.94. The number of ether oxygens (including phenoxy) is 3. The van der Waals surface area contributed by atoms with Crippen molar-refractivity contribution in [1.82, 2.24) is 20.3 Å². The first kappa shape index (κ1) is 28.4. The van der Waals surface area contributed by atoms with E-state index < -0.39 is 23.4 Å². The van der Waals surface area contributed by atoms with Gasteiger partial charge in [-0.15, -0.1) is 5.10 Å². The fraction of sp³-hybridized carbons (Fsp3) is 0.333. The summed E-state index contributed by atoms with van der Waals surface area (Å²) in [6.45, 7) is 7.70. The minimum Gasteiger partial charge on any atom is -0.493 e. The van der Waals surface area contributed by atoms with Crippen molar-refractivity contribution in [2.24, 2.45) is 0 Å². The topological polar surface area (TPSA) is 108 Å². The Bertz CT molecular complexity index is 1490. The molecule has 0 bridgehead atoms. The van der Waals surface area contributed by atoms with E-state index >= 15 is 0 Å². The number of nitrogens with zero attached hydrogens (tertiary/aromatic N) is 4. The number of hydrogen-bond acceptors (Lipinski definition) is 7. The van der Waals surface area contributed by atoms with E-state index in [0.717, 1.165) is 0 Å². The zero-order chi connectivity index (χ0) is 28.9. The van der Waals surface area contributed by atoms with Crippen molar-refractivity contribution in [2.45, 2.75) is 45.8 Å². The fourth-order valence-electron chi connectivity index (χ4n) is 4.55. The summed E-state index contributed by atoms with van der Waals surface area (Å²) in [5.74, 6) is 0.430. The van der Waals surface area contributed by atoms with Crippen LogP contribution in [0.15, 0.2) is 66.7 Å². The second-order valence-electron chi connectivity index (χ2n) is 10.1. The number of carbonyl (C=O) groups is 2. The molecule has 10 nitrogen and oxygen atoms in total. The lowest BCUT2D eigenvalue weighted by atomic mass is 9.99. The van der Waals surface area contributed by atoms with E-state index in [1.54, 1.807) is 36.4 Å². The van der Waals surface area contributed by atoms with Gasteiger partial charge in [0, 0.05) is 11.1 Å². The molecule has 1 atom stereocenters. The van der Waals surface area contributed by atoms with Crippen LogP contribution in [0, 0.1) is 0 Å². The number of nitrogens with one attached hydrogen (secondary N) is 1. The molecule has 0 saturated carbocycles. The van der Waals surface area contributed by atoms with Crippen LogP contribution in [0.5, 0.6) is 17.2 Å². The fourth-order valence-corrected chi connectivity index (χ4v) is 4.55. The number of rotatable bonds is 10. The highest BCUT2D eigenvalue weighted by atomic mass is 16.5. The Morgan fingerprint density at radius 3 is 2.35 bits per heavy atom. The maximum atomic E-state index is 14.4. The number of anilines is 1. The highest BCUT2D eigenvalue weighted by Crippen LogP contribution is 2.41. The van der Waals surface area contributed by atoms with Gasteiger partial charge in [0.1, 0.15) is 23.9 Å². The molecule has 1 heterocycles. The molecule has 0 saturated heterocycles. The van der Waals surface area contributed by atoms with E-state index in [9.17, 15) is 9.59 Å². The second-order valence-corrected chi connectivity index (χ2v) is 10.1. The number of carbonyl (C=O) groups excluding carboxylic acids is 2. The Labute approximate surface area is 233 Å². The molecule has 0 aliphatic heterocycles. The van der Waals surface area contributed by atoms with Gasteiger partial charge in [-0.05, 0) is 58.0 Å². The molecule has 210 valence electrons. The van der Waals surface area contributed by atoms with E-state index in [1.807, 2.05) is 58.0 Å². The average molecular weight is 546 g/mol. The van der Waals surface area contributed by atoms with Crippen molar-refractivity contribution in [3.05, 3.63) is 72.3 Å². The molecule has 0 spiro atoms. The number of hydrogen-bond donors (Lipinski definition) is 1. The van der Waals surface area contributed by atoms with E-state index in [4.69, 9.17) is 14.2 Å². The van der Waals surface area contributed by atoms with Gasteiger partial charge < -0.3 is 19.5 Å². The largest absolute Gasteiger partial charge is 0.493 e. The molecule has 0 fully saturated rings. The Kier molecular flexibility index (Phi) is 8.57. The van der Waals surface area contributed by atoms with Gasteiger partial charge in [-0.3, -0.25) is 14.5 Å². The first-order valence-corrected chi connectivity index (χ1v) is 13.0. The standard InChI is InChI=1S/C30H35N5O5/c1-7-40-24-17-11-10-16-23(24)35(26(36)19-34-22-15-9-8-14-21(22)32-33-34)27(29(37)31-30(2,3)4)20-13-12-18-25(38-5)28(20)39-6/h8-18,27H,7,19H2,1-6H3,(H,31,37)/t27-/m0/s1. The third-order valence-corrected chi connectivity index (χ3v) is 6.13. The molecular formula is C30H35N5O5. The van der Waals surface area contributed by atoms with Crippen LogP contribution < -0.4 is 24.4 Å². The van der Waals surface area contributed by atoms with Crippen LogP contribution in [0.25, 0.3) is 11.0 Å². The predicted molar refractivity (Wildman–Crippen MR) is 153 cm³/mol. The van der Waals surface area contributed by atoms with Gasteiger partial charge in [0.15, 0.2) is 11.5 Å². The molecule has 4 rings (SSSR count). The third kappa shape index (κ3) is 6.01. The van der Waals surface area contributed by atoms with E-state index in [1.165, 1.54) is 23.8 Å². The lowest BCUT2D eigenvalue weighted by Gasteiger charge is -2.35. The molecule has 4 aromatic rings.